The highest BCUT2D eigenvalue weighted by molar-refractivity contribution is 7.92. The smallest absolute Gasteiger partial charge is 0.240 e. The van der Waals surface area contributed by atoms with Crippen LogP contribution >= 0.6 is 0 Å². The van der Waals surface area contributed by atoms with E-state index in [2.05, 4.69) is 5.32 Å². The molecule has 2 N–H and O–H groups in total. The molecule has 1 aromatic carbocycles. The van der Waals surface area contributed by atoms with Crippen LogP contribution in [-0.4, -0.2) is 66.5 Å². The van der Waals surface area contributed by atoms with Gasteiger partial charge in [-0.1, -0.05) is 12.1 Å². The van der Waals surface area contributed by atoms with Gasteiger partial charge >= 0.3 is 0 Å². The molecule has 0 radical (unpaired) electrons. The molecule has 1 aromatic rings. The minimum atomic E-state index is -3.55. The van der Waals surface area contributed by atoms with Gasteiger partial charge in [-0.25, -0.2) is 8.42 Å². The number of amides is 1. The number of anilines is 1. The Hall–Kier alpha value is -1.64. The van der Waals surface area contributed by atoms with Gasteiger partial charge < -0.3 is 15.0 Å². The van der Waals surface area contributed by atoms with Crippen molar-refractivity contribution in [2.45, 2.75) is 20.3 Å². The first-order valence-corrected chi connectivity index (χ1v) is 10.9. The Balaban J connectivity index is 1.89. The minimum absolute atomic E-state index is 0.201. The summed E-state index contributed by atoms with van der Waals surface area (Å²) in [5.41, 5.74) is 2.41. The van der Waals surface area contributed by atoms with Gasteiger partial charge in [0.25, 0.3) is 0 Å². The summed E-state index contributed by atoms with van der Waals surface area (Å²) in [6, 6.07) is 5.46. The fourth-order valence-corrected chi connectivity index (χ4v) is 3.96. The van der Waals surface area contributed by atoms with Crippen molar-refractivity contribution in [1.82, 2.24) is 5.32 Å². The first kappa shape index (κ1) is 20.7. The average molecular weight is 385 g/mol. The highest BCUT2D eigenvalue weighted by Crippen LogP contribution is 2.24. The molecule has 1 aliphatic rings. The fraction of sp³-hybridized carbons (Fsp3) is 0.611. The Kier molecular flexibility index (Phi) is 7.43. The lowest BCUT2D eigenvalue weighted by molar-refractivity contribution is -0.908. The number of hydrogen-bond acceptors (Lipinski definition) is 4. The molecule has 0 spiro atoms. The number of quaternary nitrogens is 1. The zero-order valence-electron chi connectivity index (χ0n) is 15.9. The van der Waals surface area contributed by atoms with Crippen LogP contribution in [0.15, 0.2) is 18.2 Å². The van der Waals surface area contributed by atoms with E-state index >= 15 is 0 Å². The van der Waals surface area contributed by atoms with Crippen molar-refractivity contribution >= 4 is 21.6 Å². The van der Waals surface area contributed by atoms with Crippen LogP contribution in [0, 0.1) is 13.8 Å². The summed E-state index contributed by atoms with van der Waals surface area (Å²) >= 11 is 0. The summed E-state index contributed by atoms with van der Waals surface area (Å²) in [7, 11) is -3.55. The summed E-state index contributed by atoms with van der Waals surface area (Å²) in [6.07, 6.45) is 1.99. The summed E-state index contributed by atoms with van der Waals surface area (Å²) < 4.78 is 30.9. The lowest BCUT2D eigenvalue weighted by Crippen LogP contribution is -3.14. The normalized spacial score (nSPS) is 15.7. The third-order valence-electron chi connectivity index (χ3n) is 4.76. The highest BCUT2D eigenvalue weighted by Gasteiger charge is 2.22. The van der Waals surface area contributed by atoms with Gasteiger partial charge in [0.2, 0.25) is 15.9 Å². The Morgan fingerprint density at radius 2 is 1.96 bits per heavy atom. The van der Waals surface area contributed by atoms with Gasteiger partial charge in [0.1, 0.15) is 19.6 Å². The van der Waals surface area contributed by atoms with Gasteiger partial charge in [-0.15, -0.1) is 0 Å². The Morgan fingerprint density at radius 3 is 2.62 bits per heavy atom. The molecule has 1 amide bonds. The Labute approximate surface area is 156 Å². The van der Waals surface area contributed by atoms with Crippen molar-refractivity contribution in [3.8, 4) is 0 Å². The Morgan fingerprint density at radius 1 is 1.27 bits per heavy atom. The van der Waals surface area contributed by atoms with Gasteiger partial charge in [-0.2, -0.15) is 0 Å². The molecular formula is C18H30N3O4S+. The molecule has 1 heterocycles. The second-order valence-corrected chi connectivity index (χ2v) is 8.71. The maximum atomic E-state index is 12.3. The number of hydrogen-bond donors (Lipinski definition) is 2. The van der Waals surface area contributed by atoms with E-state index in [1.54, 1.807) is 12.1 Å². The maximum absolute atomic E-state index is 12.3. The summed E-state index contributed by atoms with van der Waals surface area (Å²) in [4.78, 5) is 13.8. The number of aryl methyl sites for hydroxylation is 1. The molecule has 2 rings (SSSR count). The van der Waals surface area contributed by atoms with Gasteiger partial charge in [-0.05, 0) is 31.0 Å². The van der Waals surface area contributed by atoms with Crippen molar-refractivity contribution in [2.75, 3.05) is 56.5 Å². The summed E-state index contributed by atoms with van der Waals surface area (Å²) in [5.74, 6) is -0.284. The third-order valence-corrected chi connectivity index (χ3v) is 5.89. The second-order valence-electron chi connectivity index (χ2n) is 6.80. The van der Waals surface area contributed by atoms with Crippen LogP contribution in [0.2, 0.25) is 0 Å². The van der Waals surface area contributed by atoms with E-state index in [-0.39, 0.29) is 12.5 Å². The zero-order chi connectivity index (χ0) is 19.2. The molecule has 0 aliphatic carbocycles. The monoisotopic (exact) mass is 384 g/mol. The number of sulfonamides is 1. The molecule has 1 aliphatic heterocycles. The lowest BCUT2D eigenvalue weighted by atomic mass is 10.1. The lowest BCUT2D eigenvalue weighted by Gasteiger charge is -2.25. The number of morpholine rings is 1. The van der Waals surface area contributed by atoms with E-state index in [0.717, 1.165) is 56.7 Å². The van der Waals surface area contributed by atoms with Gasteiger partial charge in [0, 0.05) is 13.0 Å². The highest BCUT2D eigenvalue weighted by atomic mass is 32.2. The van der Waals surface area contributed by atoms with Crippen LogP contribution in [0.4, 0.5) is 5.69 Å². The number of ether oxygens (including phenoxy) is 1. The predicted octanol–water partition coefficient (Wildman–Crippen LogP) is -0.509. The number of rotatable bonds is 8. The average Bonchev–Trinajstić information content (AvgIpc) is 2.59. The van der Waals surface area contributed by atoms with E-state index < -0.39 is 10.0 Å². The molecule has 0 aromatic heterocycles. The summed E-state index contributed by atoms with van der Waals surface area (Å²) in [6.45, 7) is 8.71. The molecule has 26 heavy (non-hydrogen) atoms. The van der Waals surface area contributed by atoms with Crippen molar-refractivity contribution in [2.24, 2.45) is 0 Å². The van der Waals surface area contributed by atoms with E-state index in [9.17, 15) is 13.2 Å². The second kappa shape index (κ2) is 9.34. The molecule has 0 unspecified atom stereocenters. The first-order valence-electron chi connectivity index (χ1n) is 9.01. The SMILES string of the molecule is Cc1cccc(N(CC(=O)NCCC[NH+]2CCOCC2)S(C)(=O)=O)c1C. The van der Waals surface area contributed by atoms with Crippen molar-refractivity contribution in [3.05, 3.63) is 29.3 Å². The van der Waals surface area contributed by atoms with E-state index in [1.165, 1.54) is 9.21 Å². The zero-order valence-corrected chi connectivity index (χ0v) is 16.7. The van der Waals surface area contributed by atoms with Crippen LogP contribution < -0.4 is 14.5 Å². The standard InChI is InChI=1S/C18H29N3O4S/c1-15-6-4-7-17(16(15)2)21(26(3,23)24)14-18(22)19-8-5-9-20-10-12-25-13-11-20/h4,6-7H,5,8-14H2,1-3H3,(H,19,22)/p+1. The Bertz CT molecular complexity index is 715. The topological polar surface area (TPSA) is 80.2 Å². The van der Waals surface area contributed by atoms with Crippen LogP contribution in [0.1, 0.15) is 17.5 Å². The van der Waals surface area contributed by atoms with Crippen LogP contribution in [0.5, 0.6) is 0 Å². The van der Waals surface area contributed by atoms with Crippen LogP contribution in [0.25, 0.3) is 0 Å². The fourth-order valence-electron chi connectivity index (χ4n) is 3.05. The van der Waals surface area contributed by atoms with Crippen LogP contribution in [0.3, 0.4) is 0 Å². The minimum Gasteiger partial charge on any atom is -0.370 e. The first-order chi connectivity index (χ1) is 12.3. The number of carbonyl (C=O) groups excluding carboxylic acids is 1. The number of nitrogens with one attached hydrogen (secondary N) is 2. The van der Waals surface area contributed by atoms with Gasteiger partial charge in [0.15, 0.2) is 0 Å². The third kappa shape index (κ3) is 5.96. The molecule has 0 saturated carbocycles. The summed E-state index contributed by atoms with van der Waals surface area (Å²) in [5, 5.41) is 2.84. The van der Waals surface area contributed by atoms with E-state index in [4.69, 9.17) is 4.74 Å². The quantitative estimate of drug-likeness (QED) is 0.592. The molecule has 1 fully saturated rings. The molecule has 8 heteroatoms. The number of benzene rings is 1. The number of carbonyl (C=O) groups is 1. The largest absolute Gasteiger partial charge is 0.370 e. The molecule has 1 saturated heterocycles. The molecule has 0 atom stereocenters. The molecule has 146 valence electrons. The maximum Gasteiger partial charge on any atom is 0.240 e. The van der Waals surface area contributed by atoms with Gasteiger partial charge in [0.05, 0.1) is 31.7 Å². The van der Waals surface area contributed by atoms with Crippen molar-refractivity contribution in [3.63, 3.8) is 0 Å². The molecule has 0 bridgehead atoms. The number of nitrogens with zero attached hydrogens (tertiary/aromatic N) is 1. The van der Waals surface area contributed by atoms with Crippen molar-refractivity contribution < 1.29 is 22.8 Å². The van der Waals surface area contributed by atoms with Crippen LogP contribution in [-0.2, 0) is 19.6 Å². The van der Waals surface area contributed by atoms with E-state index in [1.807, 2.05) is 19.9 Å². The van der Waals surface area contributed by atoms with Crippen molar-refractivity contribution in [1.29, 1.82) is 0 Å². The predicted molar refractivity (Wildman–Crippen MR) is 102 cm³/mol. The molecule has 7 nitrogen and oxygen atoms in total. The van der Waals surface area contributed by atoms with Gasteiger partial charge in [-0.3, -0.25) is 9.10 Å². The molecular weight excluding hydrogens is 354 g/mol. The van der Waals surface area contributed by atoms with E-state index in [0.29, 0.717) is 12.2 Å².